The van der Waals surface area contributed by atoms with Crippen LogP contribution in [0.4, 0.5) is 20.2 Å². The number of carbonyl (C=O) groups excluding carboxylic acids is 3. The summed E-state index contributed by atoms with van der Waals surface area (Å²) in [5.74, 6) is 0.665. The Bertz CT molecular complexity index is 1390. The number of piperidine rings is 1. The van der Waals surface area contributed by atoms with E-state index in [4.69, 9.17) is 9.47 Å². The van der Waals surface area contributed by atoms with Crippen molar-refractivity contribution in [2.75, 3.05) is 31.6 Å². The molecule has 3 heterocycles. The van der Waals surface area contributed by atoms with Crippen molar-refractivity contribution in [3.63, 3.8) is 0 Å². The lowest BCUT2D eigenvalue weighted by atomic mass is 9.95. The predicted octanol–water partition coefficient (Wildman–Crippen LogP) is 5.70. The van der Waals surface area contributed by atoms with Gasteiger partial charge in [0.15, 0.2) is 0 Å². The molecule has 3 N–H and O–H groups in total. The van der Waals surface area contributed by atoms with E-state index in [2.05, 4.69) is 25.9 Å². The number of urea groups is 1. The zero-order valence-electron chi connectivity index (χ0n) is 24.7. The lowest BCUT2D eigenvalue weighted by Gasteiger charge is -2.34. The lowest BCUT2D eigenvalue weighted by molar-refractivity contribution is 0.0149. The van der Waals surface area contributed by atoms with Gasteiger partial charge in [0, 0.05) is 50.2 Å². The van der Waals surface area contributed by atoms with Gasteiger partial charge in [0.25, 0.3) is 0 Å². The van der Waals surface area contributed by atoms with Crippen molar-refractivity contribution < 1.29 is 23.9 Å². The van der Waals surface area contributed by atoms with Crippen LogP contribution in [0.5, 0.6) is 0 Å². The first-order chi connectivity index (χ1) is 20.1. The van der Waals surface area contributed by atoms with Gasteiger partial charge in [-0.1, -0.05) is 12.1 Å². The van der Waals surface area contributed by atoms with Crippen LogP contribution >= 0.6 is 0 Å². The highest BCUT2D eigenvalue weighted by Crippen LogP contribution is 2.32. The highest BCUT2D eigenvalue weighted by Gasteiger charge is 2.27. The van der Waals surface area contributed by atoms with Crippen LogP contribution in [0, 0.1) is 5.92 Å². The first-order valence-corrected chi connectivity index (χ1v) is 14.4. The molecule has 1 aliphatic heterocycles. The van der Waals surface area contributed by atoms with Crippen molar-refractivity contribution in [2.45, 2.75) is 59.1 Å². The number of anilines is 1. The molecule has 0 aliphatic carbocycles. The summed E-state index contributed by atoms with van der Waals surface area (Å²) < 4.78 is 11.0. The third-order valence-electron chi connectivity index (χ3n) is 6.91. The van der Waals surface area contributed by atoms with Gasteiger partial charge in [-0.3, -0.25) is 10.3 Å². The number of hydrogen-bond acceptors (Lipinski definition) is 7. The van der Waals surface area contributed by atoms with E-state index in [1.807, 2.05) is 58.0 Å². The molecule has 224 valence electrons. The van der Waals surface area contributed by atoms with E-state index in [0.717, 1.165) is 40.3 Å². The molecule has 1 atom stereocenters. The third-order valence-corrected chi connectivity index (χ3v) is 6.91. The third kappa shape index (κ3) is 8.55. The standard InChI is InChI=1S/C31H40N6O5/c1-5-33-28(38)36-27-17-25-24(22-10-13-32-14-11-22)9-8-23(26(25)19-34-27)18-35-29(39)41-16-12-21-7-6-15-37(20-21)30(40)42-31(2,3)4/h8-11,13-14,17,19,21H,5-7,12,15-16,18,20H2,1-4H3,(H,35,39)(H2,33,34,36,38). The van der Waals surface area contributed by atoms with Gasteiger partial charge in [0.2, 0.25) is 0 Å². The van der Waals surface area contributed by atoms with Gasteiger partial charge in [-0.25, -0.2) is 19.4 Å². The molecule has 4 rings (SSSR count). The van der Waals surface area contributed by atoms with Gasteiger partial charge >= 0.3 is 18.2 Å². The van der Waals surface area contributed by atoms with Crippen LogP contribution in [0.25, 0.3) is 21.9 Å². The summed E-state index contributed by atoms with van der Waals surface area (Å²) >= 11 is 0. The number of carbonyl (C=O) groups is 3. The summed E-state index contributed by atoms with van der Waals surface area (Å²) in [6.45, 7) is 9.69. The number of likely N-dealkylation sites (tertiary alicyclic amines) is 1. The van der Waals surface area contributed by atoms with E-state index in [1.54, 1.807) is 23.5 Å². The van der Waals surface area contributed by atoms with E-state index in [1.165, 1.54) is 0 Å². The molecule has 42 heavy (non-hydrogen) atoms. The Balaban J connectivity index is 1.37. The maximum Gasteiger partial charge on any atom is 0.410 e. The number of hydrogen-bond donors (Lipinski definition) is 3. The van der Waals surface area contributed by atoms with E-state index in [0.29, 0.717) is 31.9 Å². The molecule has 4 amide bonds. The Labute approximate surface area is 246 Å². The molecular weight excluding hydrogens is 536 g/mol. The SMILES string of the molecule is CCNC(=O)Nc1cc2c(-c3ccncc3)ccc(CNC(=O)OCCC3CCCN(C(=O)OC(C)(C)C)C3)c2cn1. The Hall–Kier alpha value is -4.41. The van der Waals surface area contributed by atoms with Crippen LogP contribution < -0.4 is 16.0 Å². The molecule has 2 aromatic heterocycles. The normalized spacial score (nSPS) is 15.1. The van der Waals surface area contributed by atoms with Crippen LogP contribution in [0.1, 0.15) is 52.5 Å². The van der Waals surface area contributed by atoms with Gasteiger partial charge in [-0.15, -0.1) is 0 Å². The topological polar surface area (TPSA) is 135 Å². The monoisotopic (exact) mass is 576 g/mol. The van der Waals surface area contributed by atoms with Crippen molar-refractivity contribution in [2.24, 2.45) is 5.92 Å². The number of ether oxygens (including phenoxy) is 2. The van der Waals surface area contributed by atoms with Crippen LogP contribution in [0.2, 0.25) is 0 Å². The number of nitrogens with one attached hydrogen (secondary N) is 3. The van der Waals surface area contributed by atoms with Gasteiger partial charge in [-0.2, -0.15) is 0 Å². The van der Waals surface area contributed by atoms with Gasteiger partial charge in [-0.05, 0) is 93.2 Å². The molecular formula is C31H40N6O5. The summed E-state index contributed by atoms with van der Waals surface area (Å²) in [6.07, 6.45) is 6.88. The average molecular weight is 577 g/mol. The smallest absolute Gasteiger partial charge is 0.410 e. The Kier molecular flexibility index (Phi) is 10.2. The van der Waals surface area contributed by atoms with Crippen LogP contribution in [0.15, 0.2) is 48.9 Å². The average Bonchev–Trinajstić information content (AvgIpc) is 2.95. The maximum absolute atomic E-state index is 12.6. The summed E-state index contributed by atoms with van der Waals surface area (Å²) in [6, 6.07) is 9.26. The number of rotatable bonds is 8. The second kappa shape index (κ2) is 14.0. The fraction of sp³-hybridized carbons (Fsp3) is 0.452. The lowest BCUT2D eigenvalue weighted by Crippen LogP contribution is -2.43. The second-order valence-corrected chi connectivity index (χ2v) is 11.3. The fourth-order valence-corrected chi connectivity index (χ4v) is 4.95. The number of nitrogens with zero attached hydrogens (tertiary/aromatic N) is 3. The van der Waals surface area contributed by atoms with Crippen molar-refractivity contribution in [3.8, 4) is 11.1 Å². The number of amides is 4. The highest BCUT2D eigenvalue weighted by molar-refractivity contribution is 6.00. The Morgan fingerprint density at radius 1 is 1.07 bits per heavy atom. The minimum absolute atomic E-state index is 0.243. The van der Waals surface area contributed by atoms with Gasteiger partial charge < -0.3 is 25.0 Å². The molecule has 0 radical (unpaired) electrons. The first-order valence-electron chi connectivity index (χ1n) is 14.4. The Morgan fingerprint density at radius 2 is 1.86 bits per heavy atom. The number of pyridine rings is 2. The van der Waals surface area contributed by atoms with Gasteiger partial charge in [0.1, 0.15) is 11.4 Å². The molecule has 11 nitrogen and oxygen atoms in total. The zero-order chi connectivity index (χ0) is 30.1. The number of alkyl carbamates (subject to hydrolysis) is 1. The van der Waals surface area contributed by atoms with Crippen molar-refractivity contribution >= 4 is 34.8 Å². The number of benzene rings is 1. The molecule has 1 aromatic carbocycles. The molecule has 3 aromatic rings. The van der Waals surface area contributed by atoms with E-state index < -0.39 is 11.7 Å². The van der Waals surface area contributed by atoms with Crippen LogP contribution in [0.3, 0.4) is 0 Å². The maximum atomic E-state index is 12.6. The summed E-state index contributed by atoms with van der Waals surface area (Å²) in [7, 11) is 0. The number of fused-ring (bicyclic) bond motifs is 1. The van der Waals surface area contributed by atoms with E-state index in [9.17, 15) is 14.4 Å². The van der Waals surface area contributed by atoms with E-state index in [-0.39, 0.29) is 31.2 Å². The van der Waals surface area contributed by atoms with Crippen LogP contribution in [-0.2, 0) is 16.0 Å². The largest absolute Gasteiger partial charge is 0.450 e. The minimum atomic E-state index is -0.531. The minimum Gasteiger partial charge on any atom is -0.450 e. The summed E-state index contributed by atoms with van der Waals surface area (Å²) in [5.41, 5.74) is 2.25. The van der Waals surface area contributed by atoms with Crippen molar-refractivity contribution in [1.82, 2.24) is 25.5 Å². The molecule has 0 spiro atoms. The molecule has 1 aliphatic rings. The van der Waals surface area contributed by atoms with Crippen LogP contribution in [-0.4, -0.2) is 64.9 Å². The highest BCUT2D eigenvalue weighted by atomic mass is 16.6. The second-order valence-electron chi connectivity index (χ2n) is 11.3. The first kappa shape index (κ1) is 30.5. The quantitative estimate of drug-likeness (QED) is 0.313. The van der Waals surface area contributed by atoms with Crippen molar-refractivity contribution in [1.29, 1.82) is 0 Å². The summed E-state index contributed by atoms with van der Waals surface area (Å²) in [5, 5.41) is 10.0. The molecule has 0 saturated carbocycles. The fourth-order valence-electron chi connectivity index (χ4n) is 4.95. The molecule has 0 bridgehead atoms. The number of aromatic nitrogens is 2. The molecule has 1 fully saturated rings. The molecule has 1 unspecified atom stereocenters. The molecule has 11 heteroatoms. The van der Waals surface area contributed by atoms with Crippen molar-refractivity contribution in [3.05, 3.63) is 54.5 Å². The predicted molar refractivity (Wildman–Crippen MR) is 161 cm³/mol. The van der Waals surface area contributed by atoms with Gasteiger partial charge in [0.05, 0.1) is 6.61 Å². The zero-order valence-corrected chi connectivity index (χ0v) is 24.7. The summed E-state index contributed by atoms with van der Waals surface area (Å²) in [4.78, 5) is 47.3. The molecule has 1 saturated heterocycles. The Morgan fingerprint density at radius 3 is 2.60 bits per heavy atom. The van der Waals surface area contributed by atoms with E-state index >= 15 is 0 Å².